The van der Waals surface area contributed by atoms with Crippen molar-refractivity contribution < 1.29 is 14.4 Å². The van der Waals surface area contributed by atoms with Gasteiger partial charge in [0.25, 0.3) is 5.24 Å². The Balaban J connectivity index is 1.64. The Labute approximate surface area is 149 Å². The molecule has 1 fully saturated rings. The minimum Gasteiger partial charge on any atom is -0.324 e. The average Bonchev–Trinajstić information content (AvgIpc) is 3.11. The normalized spacial score (nSPS) is 14.3. The third-order valence-corrected chi connectivity index (χ3v) is 4.67. The van der Waals surface area contributed by atoms with E-state index in [1.807, 2.05) is 12.1 Å². The van der Waals surface area contributed by atoms with Crippen LogP contribution in [0.15, 0.2) is 34.9 Å². The van der Waals surface area contributed by atoms with E-state index in [4.69, 9.17) is 0 Å². The second-order valence-corrected chi connectivity index (χ2v) is 6.81. The minimum atomic E-state index is -0.299. The zero-order valence-electron chi connectivity index (χ0n) is 12.3. The fraction of sp³-hybridized carbons (Fsp3) is 0.214. The Bertz CT molecular complexity index is 776. The quantitative estimate of drug-likeness (QED) is 0.809. The average molecular weight is 410 g/mol. The Morgan fingerprint density at radius 3 is 2.71 bits per heavy atom. The first-order valence-corrected chi connectivity index (χ1v) is 8.70. The van der Waals surface area contributed by atoms with Crippen LogP contribution in [-0.2, 0) is 22.7 Å². The van der Waals surface area contributed by atoms with Crippen LogP contribution < -0.4 is 5.32 Å². The number of imide groups is 1. The van der Waals surface area contributed by atoms with Gasteiger partial charge in [0.1, 0.15) is 6.54 Å². The van der Waals surface area contributed by atoms with Crippen molar-refractivity contribution >= 4 is 50.4 Å². The number of benzene rings is 1. The molecule has 1 aromatic heterocycles. The van der Waals surface area contributed by atoms with Gasteiger partial charge in [0.15, 0.2) is 0 Å². The van der Waals surface area contributed by atoms with Gasteiger partial charge in [-0.2, -0.15) is 0 Å². The van der Waals surface area contributed by atoms with Crippen LogP contribution in [0.3, 0.4) is 0 Å². The van der Waals surface area contributed by atoms with Gasteiger partial charge in [-0.1, -0.05) is 32.9 Å². The smallest absolute Gasteiger partial charge is 0.289 e. The summed E-state index contributed by atoms with van der Waals surface area (Å²) in [6, 6.07) is 7.17. The number of thioether (sulfide) groups is 1. The lowest BCUT2D eigenvalue weighted by atomic mass is 10.3. The van der Waals surface area contributed by atoms with E-state index in [2.05, 4.69) is 31.6 Å². The monoisotopic (exact) mass is 409 g/mol. The first kappa shape index (κ1) is 16.7. The zero-order chi connectivity index (χ0) is 17.1. The maximum Gasteiger partial charge on any atom is 0.289 e. The molecule has 0 radical (unpaired) electrons. The summed E-state index contributed by atoms with van der Waals surface area (Å²) in [5.74, 6) is -0.389. The largest absolute Gasteiger partial charge is 0.324 e. The molecular weight excluding hydrogens is 398 g/mol. The van der Waals surface area contributed by atoms with Crippen molar-refractivity contribution in [3.8, 4) is 0 Å². The van der Waals surface area contributed by atoms with Gasteiger partial charge in [-0.05, 0) is 24.3 Å². The lowest BCUT2D eigenvalue weighted by Gasteiger charge is -2.13. The predicted molar refractivity (Wildman–Crippen MR) is 91.2 cm³/mol. The number of hydrogen-bond donors (Lipinski definition) is 1. The molecule has 3 rings (SSSR count). The fourth-order valence-corrected chi connectivity index (χ4v) is 3.09. The number of halogens is 1. The molecule has 0 aliphatic carbocycles. The molecule has 10 heteroatoms. The number of hydrogen-bond acceptors (Lipinski definition) is 6. The summed E-state index contributed by atoms with van der Waals surface area (Å²) < 4.78 is 2.29. The molecule has 0 saturated carbocycles. The summed E-state index contributed by atoms with van der Waals surface area (Å²) in [5.41, 5.74) is 1.18. The SMILES string of the molecule is O=C(Cn1nncc1CN1C(=O)CSC1=O)Nc1ccc(Br)cc1. The van der Waals surface area contributed by atoms with Crippen LogP contribution in [0.4, 0.5) is 10.5 Å². The van der Waals surface area contributed by atoms with Gasteiger partial charge < -0.3 is 5.32 Å². The molecule has 1 aliphatic rings. The summed E-state index contributed by atoms with van der Waals surface area (Å²) in [7, 11) is 0. The highest BCUT2D eigenvalue weighted by molar-refractivity contribution is 9.10. The van der Waals surface area contributed by atoms with E-state index in [-0.39, 0.29) is 35.9 Å². The lowest BCUT2D eigenvalue weighted by molar-refractivity contribution is -0.125. The van der Waals surface area contributed by atoms with Crippen LogP contribution in [0.5, 0.6) is 0 Å². The van der Waals surface area contributed by atoms with E-state index in [1.54, 1.807) is 12.1 Å². The summed E-state index contributed by atoms with van der Waals surface area (Å²) >= 11 is 4.29. The number of rotatable bonds is 5. The molecule has 1 N–H and O–H groups in total. The predicted octanol–water partition coefficient (Wildman–Crippen LogP) is 1.87. The van der Waals surface area contributed by atoms with E-state index < -0.39 is 0 Å². The Hall–Kier alpha value is -2.20. The second-order valence-electron chi connectivity index (χ2n) is 4.97. The molecule has 124 valence electrons. The third kappa shape index (κ3) is 3.82. The number of carbonyl (C=O) groups is 3. The number of nitrogens with one attached hydrogen (secondary N) is 1. The maximum atomic E-state index is 12.1. The van der Waals surface area contributed by atoms with Crippen molar-refractivity contribution in [3.05, 3.63) is 40.6 Å². The van der Waals surface area contributed by atoms with Gasteiger partial charge >= 0.3 is 0 Å². The second kappa shape index (κ2) is 7.14. The number of amides is 3. The molecule has 8 nitrogen and oxygen atoms in total. The van der Waals surface area contributed by atoms with Crippen molar-refractivity contribution in [2.24, 2.45) is 0 Å². The topological polar surface area (TPSA) is 97.2 Å². The first-order chi connectivity index (χ1) is 11.5. The van der Waals surface area contributed by atoms with Crippen LogP contribution in [0, 0.1) is 0 Å². The minimum absolute atomic E-state index is 0.0588. The van der Waals surface area contributed by atoms with E-state index in [1.165, 1.54) is 10.9 Å². The molecular formula is C14H12BrN5O3S. The molecule has 0 unspecified atom stereocenters. The van der Waals surface area contributed by atoms with E-state index in [0.29, 0.717) is 11.4 Å². The highest BCUT2D eigenvalue weighted by atomic mass is 79.9. The van der Waals surface area contributed by atoms with Crippen molar-refractivity contribution in [2.45, 2.75) is 13.1 Å². The molecule has 0 spiro atoms. The zero-order valence-corrected chi connectivity index (χ0v) is 14.7. The van der Waals surface area contributed by atoms with Gasteiger partial charge in [-0.25, -0.2) is 4.68 Å². The Kier molecular flexibility index (Phi) is 4.95. The first-order valence-electron chi connectivity index (χ1n) is 6.93. The molecule has 1 aliphatic heterocycles. The highest BCUT2D eigenvalue weighted by Crippen LogP contribution is 2.21. The van der Waals surface area contributed by atoms with Crippen LogP contribution in [0.25, 0.3) is 0 Å². The van der Waals surface area contributed by atoms with Crippen LogP contribution in [-0.4, -0.2) is 42.7 Å². The van der Waals surface area contributed by atoms with Crippen molar-refractivity contribution in [1.29, 1.82) is 0 Å². The maximum absolute atomic E-state index is 12.1. The summed E-state index contributed by atoms with van der Waals surface area (Å²) in [5, 5.41) is 10.0. The number of anilines is 1. The highest BCUT2D eigenvalue weighted by Gasteiger charge is 2.30. The molecule has 2 heterocycles. The van der Waals surface area contributed by atoms with Gasteiger partial charge in [0, 0.05) is 10.2 Å². The molecule has 2 aromatic rings. The van der Waals surface area contributed by atoms with Crippen molar-refractivity contribution in [1.82, 2.24) is 19.9 Å². The molecule has 1 aromatic carbocycles. The van der Waals surface area contributed by atoms with Crippen molar-refractivity contribution in [3.63, 3.8) is 0 Å². The van der Waals surface area contributed by atoms with Crippen molar-refractivity contribution in [2.75, 3.05) is 11.1 Å². The third-order valence-electron chi connectivity index (χ3n) is 3.28. The van der Waals surface area contributed by atoms with Crippen LogP contribution >= 0.6 is 27.7 Å². The van der Waals surface area contributed by atoms with E-state index >= 15 is 0 Å². The van der Waals surface area contributed by atoms with Gasteiger partial charge in [-0.15, -0.1) is 5.10 Å². The number of nitrogens with zero attached hydrogens (tertiary/aromatic N) is 4. The van der Waals surface area contributed by atoms with Gasteiger partial charge in [0.2, 0.25) is 11.8 Å². The molecule has 3 amide bonds. The summed E-state index contributed by atoms with van der Waals surface area (Å²) in [4.78, 5) is 36.6. The standard InChI is InChI=1S/C14H12BrN5O3S/c15-9-1-3-10(4-2-9)17-12(21)7-20-11(5-16-18-20)6-19-13(22)8-24-14(19)23/h1-5H,6-8H2,(H,17,21). The summed E-state index contributed by atoms with van der Waals surface area (Å²) in [6.07, 6.45) is 1.44. The van der Waals surface area contributed by atoms with E-state index in [0.717, 1.165) is 21.1 Å². The van der Waals surface area contributed by atoms with Crippen LogP contribution in [0.2, 0.25) is 0 Å². The van der Waals surface area contributed by atoms with Gasteiger partial charge in [0.05, 0.1) is 24.2 Å². The number of aromatic nitrogens is 3. The molecule has 0 bridgehead atoms. The lowest BCUT2D eigenvalue weighted by Crippen LogP contribution is -2.30. The summed E-state index contributed by atoms with van der Waals surface area (Å²) in [6.45, 7) is -0.00199. The Morgan fingerprint density at radius 2 is 2.04 bits per heavy atom. The molecule has 1 saturated heterocycles. The molecule has 0 atom stereocenters. The van der Waals surface area contributed by atoms with E-state index in [9.17, 15) is 14.4 Å². The fourth-order valence-electron chi connectivity index (χ4n) is 2.10. The molecule has 24 heavy (non-hydrogen) atoms. The number of carbonyl (C=O) groups excluding carboxylic acids is 3. The van der Waals surface area contributed by atoms with Crippen LogP contribution in [0.1, 0.15) is 5.69 Å². The van der Waals surface area contributed by atoms with Gasteiger partial charge in [-0.3, -0.25) is 19.3 Å². The Morgan fingerprint density at radius 1 is 1.29 bits per heavy atom.